The van der Waals surface area contributed by atoms with Gasteiger partial charge in [0.2, 0.25) is 0 Å². The van der Waals surface area contributed by atoms with Crippen LogP contribution in [0.4, 0.5) is 0 Å². The topological polar surface area (TPSA) is 12.5 Å². The molecule has 0 N–H and O–H groups in total. The first-order valence-electron chi connectivity index (χ1n) is 8.12. The van der Waals surface area contributed by atoms with Crippen LogP contribution < -0.4 is 4.74 Å². The van der Waals surface area contributed by atoms with Gasteiger partial charge in [0.1, 0.15) is 5.75 Å². The van der Waals surface area contributed by atoms with Gasteiger partial charge in [-0.25, -0.2) is 0 Å². The molecule has 2 bridgehead atoms. The van der Waals surface area contributed by atoms with Gasteiger partial charge in [-0.1, -0.05) is 18.9 Å². The zero-order valence-electron chi connectivity index (χ0n) is 13.4. The van der Waals surface area contributed by atoms with Crippen LogP contribution in [0.25, 0.3) is 0 Å². The van der Waals surface area contributed by atoms with Gasteiger partial charge in [-0.05, 0) is 68.5 Å². The molecule has 2 aliphatic carbocycles. The van der Waals surface area contributed by atoms with Crippen LogP contribution in [-0.2, 0) is 11.8 Å². The first-order valence-corrected chi connectivity index (χ1v) is 8.12. The van der Waals surface area contributed by atoms with Gasteiger partial charge in [0.25, 0.3) is 0 Å². The molecule has 3 atom stereocenters. The summed E-state index contributed by atoms with van der Waals surface area (Å²) in [4.78, 5) is 2.63. The van der Waals surface area contributed by atoms with Gasteiger partial charge in [-0.2, -0.15) is 0 Å². The zero-order chi connectivity index (χ0) is 13.7. The van der Waals surface area contributed by atoms with Gasteiger partial charge >= 0.3 is 23.1 Å². The number of ether oxygens (including phenoxy) is 1. The summed E-state index contributed by atoms with van der Waals surface area (Å²) in [6.07, 6.45) is 8.22. The van der Waals surface area contributed by atoms with Gasteiger partial charge in [0, 0.05) is 11.5 Å². The van der Waals surface area contributed by atoms with Crippen LogP contribution >= 0.6 is 0 Å². The number of piperidine rings is 1. The Morgan fingerprint density at radius 2 is 2.10 bits per heavy atom. The van der Waals surface area contributed by atoms with Crippen molar-refractivity contribution in [2.24, 2.45) is 5.92 Å². The van der Waals surface area contributed by atoms with Crippen LogP contribution in [0.1, 0.15) is 43.2 Å². The van der Waals surface area contributed by atoms with Crippen molar-refractivity contribution >= 4 is 23.1 Å². The van der Waals surface area contributed by atoms with E-state index in [4.69, 9.17) is 4.74 Å². The van der Waals surface area contributed by atoms with Gasteiger partial charge in [-0.3, -0.25) is 0 Å². The summed E-state index contributed by atoms with van der Waals surface area (Å²) in [6, 6.07) is 7.60. The van der Waals surface area contributed by atoms with E-state index < -0.39 is 0 Å². The second kappa shape index (κ2) is 5.75. The average Bonchev–Trinajstić information content (AvgIpc) is 2.50. The number of likely N-dealkylation sites (N-methyl/N-ethyl adjacent to an activating group) is 1. The van der Waals surface area contributed by atoms with Crippen molar-refractivity contribution in [3.63, 3.8) is 0 Å². The number of hydrogen-bond donors (Lipinski definition) is 0. The van der Waals surface area contributed by atoms with E-state index in [2.05, 4.69) is 30.1 Å². The second-order valence-corrected chi connectivity index (χ2v) is 7.03. The minimum atomic E-state index is 0. The first kappa shape index (κ1) is 15.6. The van der Waals surface area contributed by atoms with Crippen LogP contribution in [0, 0.1) is 5.92 Å². The molecule has 0 spiro atoms. The van der Waals surface area contributed by atoms with E-state index in [1.54, 1.807) is 18.2 Å². The Hall–Kier alpha value is -0.254. The third kappa shape index (κ3) is 2.24. The van der Waals surface area contributed by atoms with Crippen LogP contribution in [0.5, 0.6) is 5.75 Å². The van der Waals surface area contributed by atoms with Gasteiger partial charge < -0.3 is 9.64 Å². The smallest absolute Gasteiger partial charge is 0.497 e. The maximum atomic E-state index is 5.51. The monoisotopic (exact) mass is 295 g/mol. The molecule has 1 heterocycles. The molecule has 3 aliphatic rings. The van der Waals surface area contributed by atoms with Crippen molar-refractivity contribution in [2.75, 3.05) is 20.7 Å². The summed E-state index contributed by atoms with van der Waals surface area (Å²) in [5.41, 5.74) is 3.67. The Labute approximate surface area is 144 Å². The van der Waals surface area contributed by atoms with E-state index in [1.165, 1.54) is 45.1 Å². The van der Waals surface area contributed by atoms with Crippen molar-refractivity contribution in [3.8, 4) is 5.75 Å². The molecular formula is C18H25MgNO+2. The fourth-order valence-electron chi connectivity index (χ4n) is 5.30. The Balaban J connectivity index is 0.00000132. The quantitative estimate of drug-likeness (QED) is 0.739. The van der Waals surface area contributed by atoms with E-state index in [9.17, 15) is 0 Å². The predicted molar refractivity (Wildman–Crippen MR) is 87.1 cm³/mol. The standard InChI is InChI=1S/C18H25NO.Mg/c1-19-10-9-18-8-4-3-5-15(18)17(19)11-13-6-7-14(20-2)12-16(13)18;/h6-7,12,15,17H,3-5,8-11H2,1-2H3;/q;+2/t15-,17-,18-;/m1./s1. The summed E-state index contributed by atoms with van der Waals surface area (Å²) in [5, 5.41) is 0. The number of nitrogens with zero attached hydrogens (tertiary/aromatic N) is 1. The molecule has 1 aromatic rings. The van der Waals surface area contributed by atoms with Gasteiger partial charge in [-0.15, -0.1) is 0 Å². The molecular weight excluding hydrogens is 271 g/mol. The summed E-state index contributed by atoms with van der Waals surface area (Å²) in [7, 11) is 4.12. The molecule has 1 saturated carbocycles. The van der Waals surface area contributed by atoms with E-state index in [1.807, 2.05) is 0 Å². The Bertz CT molecular complexity index is 532. The summed E-state index contributed by atoms with van der Waals surface area (Å²) >= 11 is 0. The Morgan fingerprint density at radius 3 is 2.90 bits per heavy atom. The molecule has 1 aromatic carbocycles. The van der Waals surface area contributed by atoms with Crippen molar-refractivity contribution in [1.29, 1.82) is 0 Å². The van der Waals surface area contributed by atoms with Crippen LogP contribution in [-0.4, -0.2) is 54.7 Å². The average molecular weight is 296 g/mol. The molecule has 108 valence electrons. The molecule has 1 aliphatic heterocycles. The molecule has 0 unspecified atom stereocenters. The van der Waals surface area contributed by atoms with Gasteiger partial charge in [0.05, 0.1) is 7.11 Å². The van der Waals surface area contributed by atoms with Crippen LogP contribution in [0.15, 0.2) is 18.2 Å². The third-order valence-electron chi connectivity index (χ3n) is 6.32. The number of benzene rings is 1. The number of methoxy groups -OCH3 is 1. The largest absolute Gasteiger partial charge is 2.00 e. The van der Waals surface area contributed by atoms with Crippen molar-refractivity contribution in [3.05, 3.63) is 29.3 Å². The normalized spacial score (nSPS) is 34.4. The molecule has 0 aromatic heterocycles. The van der Waals surface area contributed by atoms with E-state index in [0.717, 1.165) is 17.7 Å². The van der Waals surface area contributed by atoms with Gasteiger partial charge in [0.15, 0.2) is 0 Å². The minimum Gasteiger partial charge on any atom is -0.497 e. The van der Waals surface area contributed by atoms with E-state index >= 15 is 0 Å². The minimum absolute atomic E-state index is 0. The van der Waals surface area contributed by atoms with Crippen molar-refractivity contribution in [1.82, 2.24) is 4.90 Å². The molecule has 21 heavy (non-hydrogen) atoms. The van der Waals surface area contributed by atoms with E-state index in [-0.39, 0.29) is 23.1 Å². The zero-order valence-corrected chi connectivity index (χ0v) is 14.8. The van der Waals surface area contributed by atoms with Crippen molar-refractivity contribution < 1.29 is 4.74 Å². The molecule has 4 rings (SSSR count). The number of hydrogen-bond acceptors (Lipinski definition) is 2. The molecule has 3 heteroatoms. The Kier molecular flexibility index (Phi) is 4.28. The summed E-state index contributed by atoms with van der Waals surface area (Å²) in [5.74, 6) is 1.91. The molecule has 0 radical (unpaired) electrons. The summed E-state index contributed by atoms with van der Waals surface area (Å²) < 4.78 is 5.51. The fourth-order valence-corrected chi connectivity index (χ4v) is 5.30. The number of fused-ring (bicyclic) bond motifs is 1. The molecule has 2 nitrogen and oxygen atoms in total. The maximum absolute atomic E-state index is 5.51. The third-order valence-corrected chi connectivity index (χ3v) is 6.32. The first-order chi connectivity index (χ1) is 9.74. The van der Waals surface area contributed by atoms with E-state index in [0.29, 0.717) is 5.41 Å². The fraction of sp³-hybridized carbons (Fsp3) is 0.667. The summed E-state index contributed by atoms with van der Waals surface area (Å²) in [6.45, 7) is 1.26. The number of rotatable bonds is 1. The van der Waals surface area contributed by atoms with Crippen molar-refractivity contribution in [2.45, 2.75) is 50.0 Å². The number of likely N-dealkylation sites (tertiary alicyclic amines) is 1. The maximum Gasteiger partial charge on any atom is 2.00 e. The molecule has 0 amide bonds. The molecule has 1 saturated heterocycles. The molecule has 2 fully saturated rings. The SMILES string of the molecule is COc1ccc2c(c1)[C@@]13CCCC[C@@H]1[C@@H](C2)N(C)CC3.[Mg+2]. The van der Waals surface area contributed by atoms with Crippen LogP contribution in [0.2, 0.25) is 0 Å². The second-order valence-electron chi connectivity index (χ2n) is 7.03. The Morgan fingerprint density at radius 1 is 1.24 bits per heavy atom. The predicted octanol–water partition coefficient (Wildman–Crippen LogP) is 3.00. The van der Waals surface area contributed by atoms with Crippen LogP contribution in [0.3, 0.4) is 0 Å².